The van der Waals surface area contributed by atoms with Gasteiger partial charge in [-0.2, -0.15) is 0 Å². The Balaban J connectivity index is 1.33. The summed E-state index contributed by atoms with van der Waals surface area (Å²) in [6.07, 6.45) is 2.43. The van der Waals surface area contributed by atoms with Crippen LogP contribution in [0.1, 0.15) is 23.6 Å². The molecule has 0 unspecified atom stereocenters. The topological polar surface area (TPSA) is 110 Å². The van der Waals surface area contributed by atoms with Crippen LogP contribution in [0.4, 0.5) is 16.2 Å². The predicted molar refractivity (Wildman–Crippen MR) is 133 cm³/mol. The maximum Gasteiger partial charge on any atom is 0.330 e. The molecule has 4 heterocycles. The predicted octanol–water partition coefficient (Wildman–Crippen LogP) is 1.51. The number of urea groups is 1. The van der Waals surface area contributed by atoms with E-state index in [0.29, 0.717) is 30.9 Å². The molecular weight excluding hydrogens is 448 g/mol. The number of carbonyl (C=O) groups excluding carboxylic acids is 1. The number of aromatic nitrogens is 3. The van der Waals surface area contributed by atoms with E-state index in [4.69, 9.17) is 0 Å². The first-order chi connectivity index (χ1) is 16.8. The molecule has 0 saturated carbocycles. The summed E-state index contributed by atoms with van der Waals surface area (Å²) in [5.74, 6) is 0.272. The van der Waals surface area contributed by atoms with Crippen LogP contribution < -0.4 is 27.4 Å². The van der Waals surface area contributed by atoms with Crippen LogP contribution in [0, 0.1) is 5.92 Å². The smallest absolute Gasteiger partial charge is 0.330 e. The van der Waals surface area contributed by atoms with Crippen LogP contribution in [0.5, 0.6) is 0 Å². The second-order valence-corrected chi connectivity index (χ2v) is 9.35. The summed E-state index contributed by atoms with van der Waals surface area (Å²) in [6.45, 7) is 1.81. The van der Waals surface area contributed by atoms with Crippen molar-refractivity contribution in [2.75, 3.05) is 23.7 Å². The van der Waals surface area contributed by atoms with Crippen molar-refractivity contribution in [3.05, 3.63) is 91.1 Å². The van der Waals surface area contributed by atoms with Gasteiger partial charge in [0.2, 0.25) is 0 Å². The van der Waals surface area contributed by atoms with E-state index in [-0.39, 0.29) is 35.5 Å². The largest absolute Gasteiger partial charge is 0.376 e. The molecule has 2 bridgehead atoms. The lowest BCUT2D eigenvalue weighted by Gasteiger charge is -2.42. The van der Waals surface area contributed by atoms with E-state index in [9.17, 15) is 19.2 Å². The van der Waals surface area contributed by atoms with Crippen molar-refractivity contribution in [3.63, 3.8) is 0 Å². The third-order valence-electron chi connectivity index (χ3n) is 6.90. The van der Waals surface area contributed by atoms with Gasteiger partial charge in [0.1, 0.15) is 5.69 Å². The highest BCUT2D eigenvalue weighted by atomic mass is 16.2. The highest BCUT2D eigenvalue weighted by molar-refractivity contribution is 5.89. The minimum absolute atomic E-state index is 0.0849. The number of rotatable bonds is 4. The van der Waals surface area contributed by atoms with Gasteiger partial charge >= 0.3 is 11.7 Å². The molecule has 2 amide bonds. The van der Waals surface area contributed by atoms with Gasteiger partial charge in [0.05, 0.1) is 5.56 Å². The highest BCUT2D eigenvalue weighted by Crippen LogP contribution is 2.35. The number of fused-ring (bicyclic) bond motifs is 4. The number of anilines is 2. The Morgan fingerprint density at radius 3 is 2.51 bits per heavy atom. The van der Waals surface area contributed by atoms with Crippen molar-refractivity contribution in [1.29, 1.82) is 0 Å². The number of hydrogen-bond acceptors (Lipinski definition) is 5. The van der Waals surface area contributed by atoms with Gasteiger partial charge in [0.25, 0.3) is 11.1 Å². The summed E-state index contributed by atoms with van der Waals surface area (Å²) in [5, 5.41) is 6.03. The molecule has 0 radical (unpaired) electrons. The fraction of sp³-hybridized carbons (Fsp3) is 0.360. The van der Waals surface area contributed by atoms with Gasteiger partial charge in [0.15, 0.2) is 0 Å². The fourth-order valence-electron chi connectivity index (χ4n) is 5.17. The number of amides is 2. The molecule has 3 aromatic rings. The first-order valence-electron chi connectivity index (χ1n) is 11.7. The normalized spacial score (nSPS) is 18.6. The molecule has 10 heteroatoms. The second kappa shape index (κ2) is 8.94. The molecular formula is C25H28N6O4. The Labute approximate surface area is 201 Å². The maximum absolute atomic E-state index is 13.3. The van der Waals surface area contributed by atoms with Crippen LogP contribution in [-0.4, -0.2) is 37.7 Å². The SMILES string of the molecule is Cn1cc(CNc2ccc3n(c2=O)C[C@@H]2C[C@H]3CN(C(=O)Nc3ccccc3)C2)c(=O)n(C)c1=O. The van der Waals surface area contributed by atoms with E-state index in [0.717, 1.165) is 22.4 Å². The standard InChI is InChI=1S/C25H28N6O4/c1-28-14-18(22(32)29(2)25(28)35)11-26-20-8-9-21-17-10-16(13-31(21)23(20)33)12-30(15-17)24(34)27-19-6-4-3-5-7-19/h3-9,14,16-17,26H,10-13,15H2,1-2H3,(H,27,34)/t16-,17+/m1/s1. The molecule has 0 aliphatic carbocycles. The summed E-state index contributed by atoms with van der Waals surface area (Å²) in [5.41, 5.74) is 1.56. The lowest BCUT2D eigenvalue weighted by Crippen LogP contribution is -2.50. The van der Waals surface area contributed by atoms with Crippen LogP contribution >= 0.6 is 0 Å². The maximum atomic E-state index is 13.3. The van der Waals surface area contributed by atoms with Crippen LogP contribution in [0.2, 0.25) is 0 Å². The Kier molecular flexibility index (Phi) is 5.80. The Morgan fingerprint density at radius 1 is 0.971 bits per heavy atom. The monoisotopic (exact) mass is 476 g/mol. The summed E-state index contributed by atoms with van der Waals surface area (Å²) in [6, 6.07) is 12.9. The Morgan fingerprint density at radius 2 is 1.74 bits per heavy atom. The molecule has 35 heavy (non-hydrogen) atoms. The summed E-state index contributed by atoms with van der Waals surface area (Å²) >= 11 is 0. The lowest BCUT2D eigenvalue weighted by atomic mass is 9.83. The van der Waals surface area contributed by atoms with Crippen LogP contribution in [0.25, 0.3) is 0 Å². The zero-order valence-corrected chi connectivity index (χ0v) is 19.7. The Bertz CT molecular complexity index is 1460. The number of pyridine rings is 1. The van der Waals surface area contributed by atoms with Crippen LogP contribution in [0.3, 0.4) is 0 Å². The molecule has 2 N–H and O–H groups in total. The van der Waals surface area contributed by atoms with Gasteiger partial charge in [-0.15, -0.1) is 0 Å². The highest BCUT2D eigenvalue weighted by Gasteiger charge is 2.36. The van der Waals surface area contributed by atoms with Crippen molar-refractivity contribution in [1.82, 2.24) is 18.6 Å². The molecule has 1 aromatic carbocycles. The molecule has 1 fully saturated rings. The zero-order chi connectivity index (χ0) is 24.7. The third kappa shape index (κ3) is 4.27. The molecule has 2 aliphatic rings. The van der Waals surface area contributed by atoms with E-state index < -0.39 is 5.69 Å². The van der Waals surface area contributed by atoms with E-state index in [1.807, 2.05) is 41.3 Å². The van der Waals surface area contributed by atoms with E-state index in [1.165, 1.54) is 17.8 Å². The average molecular weight is 477 g/mol. The van der Waals surface area contributed by atoms with Gasteiger partial charge in [0, 0.05) is 63.8 Å². The number of likely N-dealkylation sites (tertiary alicyclic amines) is 1. The summed E-state index contributed by atoms with van der Waals surface area (Å²) in [7, 11) is 3.02. The van der Waals surface area contributed by atoms with E-state index in [1.54, 1.807) is 17.7 Å². The molecule has 2 atom stereocenters. The van der Waals surface area contributed by atoms with E-state index >= 15 is 0 Å². The average Bonchev–Trinajstić information content (AvgIpc) is 2.86. The number of hydrogen-bond donors (Lipinski definition) is 2. The molecule has 2 aliphatic heterocycles. The van der Waals surface area contributed by atoms with Crippen molar-refractivity contribution in [2.45, 2.75) is 25.4 Å². The molecule has 2 aromatic heterocycles. The number of benzene rings is 1. The third-order valence-corrected chi connectivity index (χ3v) is 6.90. The second-order valence-electron chi connectivity index (χ2n) is 9.35. The number of piperidine rings is 1. The van der Waals surface area contributed by atoms with Gasteiger partial charge in [-0.25, -0.2) is 9.59 Å². The van der Waals surface area contributed by atoms with Gasteiger partial charge in [-0.3, -0.25) is 14.2 Å². The number of carbonyl (C=O) groups is 1. The quantitative estimate of drug-likeness (QED) is 0.593. The number of aryl methyl sites for hydroxylation is 1. The summed E-state index contributed by atoms with van der Waals surface area (Å²) in [4.78, 5) is 52.2. The molecule has 182 valence electrons. The van der Waals surface area contributed by atoms with Gasteiger partial charge in [-0.05, 0) is 36.6 Å². The van der Waals surface area contributed by atoms with Crippen molar-refractivity contribution >= 4 is 17.4 Å². The number of nitrogens with zero attached hydrogens (tertiary/aromatic N) is 4. The number of para-hydroxylation sites is 1. The van der Waals surface area contributed by atoms with Crippen molar-refractivity contribution in [2.24, 2.45) is 20.0 Å². The molecule has 10 nitrogen and oxygen atoms in total. The minimum atomic E-state index is -0.398. The molecule has 1 saturated heterocycles. The first-order valence-corrected chi connectivity index (χ1v) is 11.7. The Hall–Kier alpha value is -4.08. The minimum Gasteiger partial charge on any atom is -0.376 e. The lowest BCUT2D eigenvalue weighted by molar-refractivity contribution is 0.139. The first kappa shape index (κ1) is 22.7. The van der Waals surface area contributed by atoms with Gasteiger partial charge in [-0.1, -0.05) is 18.2 Å². The van der Waals surface area contributed by atoms with Crippen LogP contribution in [0.15, 0.2) is 63.0 Å². The number of nitrogens with one attached hydrogen (secondary N) is 2. The zero-order valence-electron chi connectivity index (χ0n) is 19.7. The van der Waals surface area contributed by atoms with Crippen molar-refractivity contribution in [3.8, 4) is 0 Å². The molecule has 0 spiro atoms. The van der Waals surface area contributed by atoms with Crippen LogP contribution in [-0.2, 0) is 27.2 Å². The summed E-state index contributed by atoms with van der Waals surface area (Å²) < 4.78 is 4.20. The fourth-order valence-corrected chi connectivity index (χ4v) is 5.17. The van der Waals surface area contributed by atoms with E-state index in [2.05, 4.69) is 10.6 Å². The van der Waals surface area contributed by atoms with Crippen molar-refractivity contribution < 1.29 is 4.79 Å². The van der Waals surface area contributed by atoms with Gasteiger partial charge < -0.3 is 24.7 Å². The molecule has 5 rings (SSSR count).